The Labute approximate surface area is 123 Å². The number of anilines is 2. The average molecular weight is 288 g/mol. The predicted molar refractivity (Wildman–Crippen MR) is 82.9 cm³/mol. The van der Waals surface area contributed by atoms with Crippen LogP contribution in [0.15, 0.2) is 23.1 Å². The van der Waals surface area contributed by atoms with Gasteiger partial charge in [-0.15, -0.1) is 0 Å². The van der Waals surface area contributed by atoms with Crippen LogP contribution in [0.4, 0.5) is 11.5 Å². The van der Waals surface area contributed by atoms with Crippen molar-refractivity contribution < 1.29 is 0 Å². The van der Waals surface area contributed by atoms with Crippen LogP contribution in [0.2, 0.25) is 0 Å². The Bertz CT molecular complexity index is 679. The van der Waals surface area contributed by atoms with Crippen LogP contribution in [0.25, 0.3) is 0 Å². The Balaban J connectivity index is 2.28. The van der Waals surface area contributed by atoms with Crippen molar-refractivity contribution in [2.75, 3.05) is 30.9 Å². The smallest absolute Gasteiger partial charge is 0.269 e. The van der Waals surface area contributed by atoms with Gasteiger partial charge in [0, 0.05) is 38.5 Å². The minimum absolute atomic E-state index is 0.170. The fourth-order valence-corrected chi connectivity index (χ4v) is 1.89. The summed E-state index contributed by atoms with van der Waals surface area (Å²) >= 11 is 0. The first-order valence-electron chi connectivity index (χ1n) is 6.82. The Kier molecular flexibility index (Phi) is 4.52. The molecule has 1 N–H and O–H groups in total. The molecule has 7 nitrogen and oxygen atoms in total. The van der Waals surface area contributed by atoms with Gasteiger partial charge in [0.25, 0.3) is 5.56 Å². The van der Waals surface area contributed by atoms with Gasteiger partial charge in [0.1, 0.15) is 12.4 Å². The fraction of sp³-hybridized carbons (Fsp3) is 0.429. The molecule has 0 radical (unpaired) electrons. The first-order valence-corrected chi connectivity index (χ1v) is 6.82. The molecule has 0 saturated carbocycles. The molecular formula is C14H20N6O. The molecule has 0 fully saturated rings. The minimum atomic E-state index is -0.170. The highest BCUT2D eigenvalue weighted by molar-refractivity contribution is 5.40. The second kappa shape index (κ2) is 6.34. The van der Waals surface area contributed by atoms with E-state index in [4.69, 9.17) is 0 Å². The Morgan fingerprint density at radius 1 is 1.29 bits per heavy atom. The van der Waals surface area contributed by atoms with Crippen molar-refractivity contribution in [1.82, 2.24) is 19.7 Å². The summed E-state index contributed by atoms with van der Waals surface area (Å²) in [5, 5.41) is 7.31. The summed E-state index contributed by atoms with van der Waals surface area (Å²) < 4.78 is 1.36. The molecule has 112 valence electrons. The second-order valence-electron chi connectivity index (χ2n) is 4.95. The van der Waals surface area contributed by atoms with Crippen LogP contribution in [-0.4, -0.2) is 40.4 Å². The Hall–Kier alpha value is -2.44. The molecule has 0 aromatic carbocycles. The SMILES string of the molecule is CCNc1cc(C)nc(Cn2ncc(N(C)C)cc2=O)n1. The molecule has 7 heteroatoms. The quantitative estimate of drug-likeness (QED) is 0.880. The fourth-order valence-electron chi connectivity index (χ4n) is 1.89. The summed E-state index contributed by atoms with van der Waals surface area (Å²) in [4.78, 5) is 22.6. The highest BCUT2D eigenvalue weighted by Gasteiger charge is 2.06. The largest absolute Gasteiger partial charge is 0.376 e. The van der Waals surface area contributed by atoms with Crippen molar-refractivity contribution in [3.8, 4) is 0 Å². The van der Waals surface area contributed by atoms with Crippen molar-refractivity contribution in [2.45, 2.75) is 20.4 Å². The summed E-state index contributed by atoms with van der Waals surface area (Å²) in [5.41, 5.74) is 1.46. The third-order valence-corrected chi connectivity index (χ3v) is 2.92. The van der Waals surface area contributed by atoms with Gasteiger partial charge in [-0.2, -0.15) is 5.10 Å². The monoisotopic (exact) mass is 288 g/mol. The van der Waals surface area contributed by atoms with E-state index in [2.05, 4.69) is 20.4 Å². The zero-order valence-electron chi connectivity index (χ0n) is 12.8. The maximum absolute atomic E-state index is 12.0. The lowest BCUT2D eigenvalue weighted by Crippen LogP contribution is -2.25. The van der Waals surface area contributed by atoms with E-state index in [1.807, 2.05) is 38.9 Å². The minimum Gasteiger partial charge on any atom is -0.376 e. The summed E-state index contributed by atoms with van der Waals surface area (Å²) in [6.07, 6.45) is 1.66. The topological polar surface area (TPSA) is 75.9 Å². The lowest BCUT2D eigenvalue weighted by atomic mass is 10.4. The van der Waals surface area contributed by atoms with E-state index in [0.29, 0.717) is 5.82 Å². The molecule has 0 bridgehead atoms. The van der Waals surface area contributed by atoms with Crippen LogP contribution < -0.4 is 15.8 Å². The summed E-state index contributed by atoms with van der Waals surface area (Å²) in [6, 6.07) is 3.42. The Morgan fingerprint density at radius 2 is 2.05 bits per heavy atom. The third kappa shape index (κ3) is 3.77. The summed E-state index contributed by atoms with van der Waals surface area (Å²) in [7, 11) is 3.74. The molecule has 0 spiro atoms. The molecule has 0 aliphatic heterocycles. The van der Waals surface area contributed by atoms with Crippen molar-refractivity contribution in [1.29, 1.82) is 0 Å². The van der Waals surface area contributed by atoms with Gasteiger partial charge in [-0.25, -0.2) is 14.6 Å². The number of aromatic nitrogens is 4. The van der Waals surface area contributed by atoms with Crippen molar-refractivity contribution in [2.24, 2.45) is 0 Å². The van der Waals surface area contributed by atoms with E-state index in [9.17, 15) is 4.79 Å². The maximum atomic E-state index is 12.0. The first-order chi connectivity index (χ1) is 9.99. The standard InChI is InChI=1S/C14H20N6O/c1-5-15-12-6-10(2)17-13(18-12)9-20-14(21)7-11(8-16-20)19(3)4/h6-8H,5,9H2,1-4H3,(H,15,17,18). The molecule has 2 aromatic heterocycles. The third-order valence-electron chi connectivity index (χ3n) is 2.92. The molecule has 0 unspecified atom stereocenters. The van der Waals surface area contributed by atoms with Gasteiger partial charge >= 0.3 is 0 Å². The zero-order valence-corrected chi connectivity index (χ0v) is 12.8. The lowest BCUT2D eigenvalue weighted by molar-refractivity contribution is 0.612. The molecule has 0 amide bonds. The number of nitrogens with one attached hydrogen (secondary N) is 1. The maximum Gasteiger partial charge on any atom is 0.269 e. The summed E-state index contributed by atoms with van der Waals surface area (Å²) in [6.45, 7) is 4.94. The van der Waals surface area contributed by atoms with E-state index in [0.717, 1.165) is 23.7 Å². The molecule has 0 saturated heterocycles. The zero-order chi connectivity index (χ0) is 15.4. The first kappa shape index (κ1) is 15.0. The van der Waals surface area contributed by atoms with E-state index in [1.54, 1.807) is 12.3 Å². The number of nitrogens with zero attached hydrogens (tertiary/aromatic N) is 5. The van der Waals surface area contributed by atoms with Crippen molar-refractivity contribution >= 4 is 11.5 Å². The van der Waals surface area contributed by atoms with Crippen LogP contribution in [0.5, 0.6) is 0 Å². The molecular weight excluding hydrogens is 268 g/mol. The van der Waals surface area contributed by atoms with E-state index in [1.165, 1.54) is 4.68 Å². The second-order valence-corrected chi connectivity index (χ2v) is 4.95. The van der Waals surface area contributed by atoms with Crippen molar-refractivity contribution in [3.05, 3.63) is 40.2 Å². The number of hydrogen-bond acceptors (Lipinski definition) is 6. The van der Waals surface area contributed by atoms with Crippen LogP contribution in [0.3, 0.4) is 0 Å². The van der Waals surface area contributed by atoms with E-state index >= 15 is 0 Å². The van der Waals surface area contributed by atoms with Gasteiger partial charge in [-0.3, -0.25) is 4.79 Å². The molecule has 2 rings (SSSR count). The number of hydrogen-bond donors (Lipinski definition) is 1. The predicted octanol–water partition coefficient (Wildman–Crippen LogP) is 0.888. The molecule has 2 heterocycles. The lowest BCUT2D eigenvalue weighted by Gasteiger charge is -2.12. The molecule has 0 aliphatic carbocycles. The van der Waals surface area contributed by atoms with Gasteiger partial charge in [0.15, 0.2) is 5.82 Å². The van der Waals surface area contributed by atoms with Crippen LogP contribution in [0.1, 0.15) is 18.4 Å². The normalized spacial score (nSPS) is 10.5. The summed E-state index contributed by atoms with van der Waals surface area (Å²) in [5.74, 6) is 1.33. The Morgan fingerprint density at radius 3 is 2.67 bits per heavy atom. The van der Waals surface area contributed by atoms with Crippen LogP contribution in [0, 0.1) is 6.92 Å². The van der Waals surface area contributed by atoms with Gasteiger partial charge in [-0.05, 0) is 13.8 Å². The van der Waals surface area contributed by atoms with Gasteiger partial charge in [-0.1, -0.05) is 0 Å². The number of rotatable bonds is 5. The van der Waals surface area contributed by atoms with Gasteiger partial charge < -0.3 is 10.2 Å². The van der Waals surface area contributed by atoms with Crippen LogP contribution >= 0.6 is 0 Å². The van der Waals surface area contributed by atoms with Crippen LogP contribution in [-0.2, 0) is 6.54 Å². The number of aryl methyl sites for hydroxylation is 1. The molecule has 0 atom stereocenters. The molecule has 21 heavy (non-hydrogen) atoms. The van der Waals surface area contributed by atoms with Gasteiger partial charge in [0.05, 0.1) is 11.9 Å². The highest BCUT2D eigenvalue weighted by atomic mass is 16.1. The highest BCUT2D eigenvalue weighted by Crippen LogP contribution is 2.07. The van der Waals surface area contributed by atoms with E-state index < -0.39 is 0 Å². The van der Waals surface area contributed by atoms with Gasteiger partial charge in [0.2, 0.25) is 0 Å². The molecule has 2 aromatic rings. The molecule has 0 aliphatic rings. The average Bonchev–Trinajstić information content (AvgIpc) is 2.40. The van der Waals surface area contributed by atoms with E-state index in [-0.39, 0.29) is 12.1 Å². The van der Waals surface area contributed by atoms with Crippen molar-refractivity contribution in [3.63, 3.8) is 0 Å².